The summed E-state index contributed by atoms with van der Waals surface area (Å²) >= 11 is 7.31. The van der Waals surface area contributed by atoms with E-state index < -0.39 is 20.9 Å². The lowest BCUT2D eigenvalue weighted by Crippen LogP contribution is -2.39. The van der Waals surface area contributed by atoms with Crippen molar-refractivity contribution in [2.24, 2.45) is 0 Å². The lowest BCUT2D eigenvalue weighted by molar-refractivity contribution is 0.415. The van der Waals surface area contributed by atoms with Crippen molar-refractivity contribution in [1.82, 2.24) is 4.98 Å². The first-order valence-corrected chi connectivity index (χ1v) is 12.2. The number of aromatic nitrogens is 1. The van der Waals surface area contributed by atoms with E-state index in [2.05, 4.69) is 4.90 Å². The molecule has 30 heavy (non-hydrogen) atoms. The average molecular weight is 467 g/mol. The third-order valence-electron chi connectivity index (χ3n) is 5.25. The fourth-order valence-corrected chi connectivity index (χ4v) is 6.40. The van der Waals surface area contributed by atoms with E-state index in [1.165, 1.54) is 12.1 Å². The van der Waals surface area contributed by atoms with Crippen molar-refractivity contribution in [2.75, 3.05) is 25.1 Å². The number of piperidine rings is 1. The largest absolute Gasteiger partial charge is 0.497 e. The summed E-state index contributed by atoms with van der Waals surface area (Å²) in [5.41, 5.74) is 1.89. The van der Waals surface area contributed by atoms with Gasteiger partial charge in [0.15, 0.2) is 15.0 Å². The Morgan fingerprint density at radius 2 is 1.87 bits per heavy atom. The van der Waals surface area contributed by atoms with Gasteiger partial charge in [-0.15, -0.1) is 11.3 Å². The molecule has 4 rings (SSSR count). The van der Waals surface area contributed by atoms with Gasteiger partial charge in [-0.3, -0.25) is 0 Å². The molecule has 0 saturated carbocycles. The van der Waals surface area contributed by atoms with E-state index >= 15 is 0 Å². The maximum absolute atomic E-state index is 13.4. The zero-order valence-electron chi connectivity index (χ0n) is 16.2. The molecule has 1 aromatic heterocycles. The molecule has 1 saturated heterocycles. The molecular weight excluding hydrogens is 447 g/mol. The van der Waals surface area contributed by atoms with Crippen molar-refractivity contribution in [3.8, 4) is 17.0 Å². The summed E-state index contributed by atoms with van der Waals surface area (Å²) in [4.78, 5) is 6.91. The van der Waals surface area contributed by atoms with Gasteiger partial charge in [0.1, 0.15) is 11.6 Å². The Hall–Kier alpha value is -2.16. The normalized spacial score (nSPS) is 15.4. The summed E-state index contributed by atoms with van der Waals surface area (Å²) in [7, 11) is -1.93. The molecule has 2 aromatic carbocycles. The molecule has 0 spiro atoms. The first-order chi connectivity index (χ1) is 14.4. The molecule has 0 atom stereocenters. The van der Waals surface area contributed by atoms with E-state index in [1.54, 1.807) is 18.4 Å². The Balaban J connectivity index is 1.44. The molecule has 1 aliphatic rings. The Bertz CT molecular complexity index is 1140. The summed E-state index contributed by atoms with van der Waals surface area (Å²) in [6.07, 6.45) is 0.962. The molecule has 9 heteroatoms. The molecule has 0 amide bonds. The van der Waals surface area contributed by atoms with Crippen LogP contribution in [0.2, 0.25) is 5.02 Å². The maximum Gasteiger partial charge on any atom is 0.185 e. The molecule has 0 N–H and O–H groups in total. The number of halogens is 2. The van der Waals surface area contributed by atoms with Crippen LogP contribution < -0.4 is 9.64 Å². The van der Waals surface area contributed by atoms with Crippen molar-refractivity contribution in [2.45, 2.75) is 23.0 Å². The predicted octanol–water partition coefficient (Wildman–Crippen LogP) is 5.05. The third kappa shape index (κ3) is 4.17. The number of thiazole rings is 1. The van der Waals surface area contributed by atoms with E-state index in [0.29, 0.717) is 25.9 Å². The molecule has 1 aliphatic heterocycles. The fourth-order valence-electron chi connectivity index (χ4n) is 3.51. The minimum atomic E-state index is -3.56. The first-order valence-electron chi connectivity index (χ1n) is 9.42. The minimum absolute atomic E-state index is 0.0726. The quantitative estimate of drug-likeness (QED) is 0.492. The van der Waals surface area contributed by atoms with E-state index in [4.69, 9.17) is 21.3 Å². The van der Waals surface area contributed by atoms with Crippen LogP contribution in [0.5, 0.6) is 5.75 Å². The molecule has 5 nitrogen and oxygen atoms in total. The van der Waals surface area contributed by atoms with Crippen LogP contribution in [-0.2, 0) is 9.84 Å². The minimum Gasteiger partial charge on any atom is -0.497 e. The number of hydrogen-bond acceptors (Lipinski definition) is 6. The molecule has 1 fully saturated rings. The van der Waals surface area contributed by atoms with Crippen LogP contribution in [0.15, 0.2) is 52.7 Å². The van der Waals surface area contributed by atoms with Crippen molar-refractivity contribution in [1.29, 1.82) is 0 Å². The van der Waals surface area contributed by atoms with Gasteiger partial charge < -0.3 is 9.64 Å². The van der Waals surface area contributed by atoms with E-state index in [9.17, 15) is 12.8 Å². The SMILES string of the molecule is COc1ccc(-c2csc(N3CCC(S(=O)(=O)c4ccc(F)c(Cl)c4)CC3)n2)cc1. The van der Waals surface area contributed by atoms with Gasteiger partial charge in [-0.1, -0.05) is 11.6 Å². The van der Waals surface area contributed by atoms with Crippen LogP contribution in [0.4, 0.5) is 9.52 Å². The second-order valence-corrected chi connectivity index (χ2v) is 10.5. The molecule has 0 bridgehead atoms. The lowest BCUT2D eigenvalue weighted by Gasteiger charge is -2.31. The highest BCUT2D eigenvalue weighted by molar-refractivity contribution is 7.92. The number of benzene rings is 2. The molecule has 3 aromatic rings. The van der Waals surface area contributed by atoms with E-state index in [1.807, 2.05) is 29.6 Å². The van der Waals surface area contributed by atoms with Crippen LogP contribution in [0.25, 0.3) is 11.3 Å². The average Bonchev–Trinajstić information content (AvgIpc) is 3.26. The van der Waals surface area contributed by atoms with Crippen molar-refractivity contribution >= 4 is 37.9 Å². The number of ether oxygens (including phenoxy) is 1. The summed E-state index contributed by atoms with van der Waals surface area (Å²) < 4.78 is 44.4. The van der Waals surface area contributed by atoms with E-state index in [-0.39, 0.29) is 9.92 Å². The Labute approximate surface area is 184 Å². The topological polar surface area (TPSA) is 59.5 Å². The highest BCUT2D eigenvalue weighted by Crippen LogP contribution is 2.32. The zero-order valence-corrected chi connectivity index (χ0v) is 18.6. The maximum atomic E-state index is 13.4. The van der Waals surface area contributed by atoms with E-state index in [0.717, 1.165) is 28.2 Å². The van der Waals surface area contributed by atoms with Crippen molar-refractivity contribution in [3.05, 3.63) is 58.7 Å². The lowest BCUT2D eigenvalue weighted by atomic mass is 10.1. The molecule has 2 heterocycles. The van der Waals surface area contributed by atoms with Crippen LogP contribution in [-0.4, -0.2) is 38.9 Å². The fraction of sp³-hybridized carbons (Fsp3) is 0.286. The zero-order chi connectivity index (χ0) is 21.3. The van der Waals surface area contributed by atoms with Gasteiger partial charge in [-0.25, -0.2) is 17.8 Å². The van der Waals surface area contributed by atoms with Gasteiger partial charge in [0.25, 0.3) is 0 Å². The van der Waals surface area contributed by atoms with Gasteiger partial charge in [-0.05, 0) is 55.3 Å². The predicted molar refractivity (Wildman–Crippen MR) is 118 cm³/mol. The second-order valence-electron chi connectivity index (χ2n) is 7.05. The number of rotatable bonds is 5. The first kappa shape index (κ1) is 21.1. The van der Waals surface area contributed by atoms with Gasteiger partial charge in [0, 0.05) is 24.0 Å². The third-order valence-corrected chi connectivity index (χ3v) is 8.70. The summed E-state index contributed by atoms with van der Waals surface area (Å²) in [5, 5.41) is 2.18. The highest BCUT2D eigenvalue weighted by Gasteiger charge is 2.32. The number of hydrogen-bond donors (Lipinski definition) is 0. The Morgan fingerprint density at radius 3 is 2.50 bits per heavy atom. The standard InChI is InChI=1S/C21H20ClFN2O3S2/c1-28-15-4-2-14(3-5-15)20-13-29-21(24-20)25-10-8-16(9-11-25)30(26,27)17-6-7-19(23)18(22)12-17/h2-7,12-13,16H,8-11H2,1H3. The Morgan fingerprint density at radius 1 is 1.17 bits per heavy atom. The second kappa shape index (κ2) is 8.53. The van der Waals surface area contributed by atoms with Gasteiger partial charge in [0.2, 0.25) is 0 Å². The van der Waals surface area contributed by atoms with Gasteiger partial charge in [-0.2, -0.15) is 0 Å². The number of anilines is 1. The number of sulfone groups is 1. The molecular formula is C21H20ClFN2O3S2. The van der Waals surface area contributed by atoms with Crippen LogP contribution in [0.1, 0.15) is 12.8 Å². The monoisotopic (exact) mass is 466 g/mol. The van der Waals surface area contributed by atoms with Gasteiger partial charge in [0.05, 0.1) is 28.0 Å². The van der Waals surface area contributed by atoms with Crippen LogP contribution in [0, 0.1) is 5.82 Å². The summed E-state index contributed by atoms with van der Waals surface area (Å²) in [5.74, 6) is 0.168. The molecule has 0 aliphatic carbocycles. The van der Waals surface area contributed by atoms with Crippen LogP contribution >= 0.6 is 22.9 Å². The van der Waals surface area contributed by atoms with Crippen molar-refractivity contribution in [3.63, 3.8) is 0 Å². The number of methoxy groups -OCH3 is 1. The summed E-state index contributed by atoms with van der Waals surface area (Å²) in [6, 6.07) is 11.3. The van der Waals surface area contributed by atoms with Crippen LogP contribution in [0.3, 0.4) is 0 Å². The molecule has 0 radical (unpaired) electrons. The molecule has 158 valence electrons. The molecule has 0 unspecified atom stereocenters. The summed E-state index contributed by atoms with van der Waals surface area (Å²) in [6.45, 7) is 1.18. The number of nitrogens with zero attached hydrogens (tertiary/aromatic N) is 2. The Kier molecular flexibility index (Phi) is 5.99. The van der Waals surface area contributed by atoms with Gasteiger partial charge >= 0.3 is 0 Å². The van der Waals surface area contributed by atoms with Crippen molar-refractivity contribution < 1.29 is 17.5 Å². The smallest absolute Gasteiger partial charge is 0.185 e. The highest BCUT2D eigenvalue weighted by atomic mass is 35.5.